The SMILES string of the molecule is CCCNC(=O)[C@@H](Cc1ccccc1)N(Cc1ccc(Br)cc1)C(=O)CSCc1ccccc1C. The Morgan fingerprint density at radius 3 is 2.31 bits per heavy atom. The standard InChI is InChI=1S/C29H33BrN2O2S/c1-3-17-31-29(34)27(18-23-10-5-4-6-11-23)32(19-24-13-15-26(30)16-14-24)28(33)21-35-20-25-12-8-7-9-22(25)2/h4-16,27H,3,17-21H2,1-2H3,(H,31,34)/t27-/m1/s1. The Kier molecular flexibility index (Phi) is 10.9. The molecule has 3 aromatic rings. The summed E-state index contributed by atoms with van der Waals surface area (Å²) in [6.07, 6.45) is 1.32. The predicted octanol–water partition coefficient (Wildman–Crippen LogP) is 6.16. The molecule has 3 aromatic carbocycles. The Bertz CT molecular complexity index is 1090. The van der Waals surface area contributed by atoms with Gasteiger partial charge >= 0.3 is 0 Å². The van der Waals surface area contributed by atoms with E-state index in [0.717, 1.165) is 27.8 Å². The van der Waals surface area contributed by atoms with E-state index >= 15 is 0 Å². The Morgan fingerprint density at radius 2 is 1.63 bits per heavy atom. The minimum atomic E-state index is -0.584. The van der Waals surface area contributed by atoms with Crippen molar-refractivity contribution < 1.29 is 9.59 Å². The van der Waals surface area contributed by atoms with Gasteiger partial charge in [0.05, 0.1) is 5.75 Å². The lowest BCUT2D eigenvalue weighted by Crippen LogP contribution is -2.51. The molecule has 3 rings (SSSR count). The molecule has 6 heteroatoms. The third-order valence-corrected chi connectivity index (χ3v) is 7.33. The number of nitrogens with one attached hydrogen (secondary N) is 1. The van der Waals surface area contributed by atoms with Gasteiger partial charge in [0.25, 0.3) is 0 Å². The molecule has 0 bridgehead atoms. The number of benzene rings is 3. The van der Waals surface area contributed by atoms with Gasteiger partial charge in [-0.25, -0.2) is 0 Å². The zero-order valence-corrected chi connectivity index (χ0v) is 22.8. The Balaban J connectivity index is 1.83. The summed E-state index contributed by atoms with van der Waals surface area (Å²) in [6.45, 7) is 5.09. The molecule has 2 amide bonds. The first-order chi connectivity index (χ1) is 17.0. The van der Waals surface area contributed by atoms with E-state index in [1.165, 1.54) is 11.1 Å². The van der Waals surface area contributed by atoms with E-state index < -0.39 is 6.04 Å². The molecule has 0 aliphatic rings. The fraction of sp³-hybridized carbons (Fsp3) is 0.310. The van der Waals surface area contributed by atoms with Crippen LogP contribution >= 0.6 is 27.7 Å². The van der Waals surface area contributed by atoms with Gasteiger partial charge in [0, 0.05) is 29.7 Å². The second kappa shape index (κ2) is 14.1. The second-order valence-corrected chi connectivity index (χ2v) is 10.5. The van der Waals surface area contributed by atoms with E-state index in [4.69, 9.17) is 0 Å². The van der Waals surface area contributed by atoms with Gasteiger partial charge in [0.2, 0.25) is 11.8 Å². The number of halogens is 1. The maximum Gasteiger partial charge on any atom is 0.243 e. The highest BCUT2D eigenvalue weighted by Crippen LogP contribution is 2.20. The summed E-state index contributed by atoms with van der Waals surface area (Å²) >= 11 is 5.07. The molecule has 0 saturated heterocycles. The largest absolute Gasteiger partial charge is 0.354 e. The molecule has 0 fully saturated rings. The van der Waals surface area contributed by atoms with Crippen LogP contribution in [-0.4, -0.2) is 35.1 Å². The van der Waals surface area contributed by atoms with Crippen LogP contribution in [0.4, 0.5) is 0 Å². The highest BCUT2D eigenvalue weighted by molar-refractivity contribution is 9.10. The van der Waals surface area contributed by atoms with Crippen LogP contribution in [-0.2, 0) is 28.3 Å². The van der Waals surface area contributed by atoms with Crippen LogP contribution in [0, 0.1) is 6.92 Å². The predicted molar refractivity (Wildman–Crippen MR) is 149 cm³/mol. The van der Waals surface area contributed by atoms with Crippen molar-refractivity contribution in [2.45, 2.75) is 45.0 Å². The molecule has 35 heavy (non-hydrogen) atoms. The number of thioether (sulfide) groups is 1. The quantitative estimate of drug-likeness (QED) is 0.293. The first-order valence-corrected chi connectivity index (χ1v) is 13.9. The molecule has 1 N–H and O–H groups in total. The van der Waals surface area contributed by atoms with E-state index in [0.29, 0.717) is 25.3 Å². The Hall–Kier alpha value is -2.57. The topological polar surface area (TPSA) is 49.4 Å². The maximum absolute atomic E-state index is 13.6. The fourth-order valence-corrected chi connectivity index (χ4v) is 5.06. The molecule has 0 unspecified atom stereocenters. The fourth-order valence-electron chi connectivity index (χ4n) is 3.81. The summed E-state index contributed by atoms with van der Waals surface area (Å²) in [6, 6.07) is 25.5. The molecule has 0 aliphatic heterocycles. The van der Waals surface area contributed by atoms with Gasteiger partial charge in [0.15, 0.2) is 0 Å². The molecule has 0 heterocycles. The number of aryl methyl sites for hydroxylation is 1. The van der Waals surface area contributed by atoms with Gasteiger partial charge in [-0.15, -0.1) is 11.8 Å². The molecular weight excluding hydrogens is 520 g/mol. The maximum atomic E-state index is 13.6. The van der Waals surface area contributed by atoms with Gasteiger partial charge in [-0.3, -0.25) is 9.59 Å². The molecule has 0 aromatic heterocycles. The van der Waals surface area contributed by atoms with Crippen molar-refractivity contribution in [3.63, 3.8) is 0 Å². The van der Waals surface area contributed by atoms with E-state index in [-0.39, 0.29) is 11.8 Å². The number of nitrogens with zero attached hydrogens (tertiary/aromatic N) is 1. The minimum Gasteiger partial charge on any atom is -0.354 e. The third-order valence-electron chi connectivity index (χ3n) is 5.83. The van der Waals surface area contributed by atoms with Crippen LogP contribution in [0.15, 0.2) is 83.3 Å². The average molecular weight is 554 g/mol. The summed E-state index contributed by atoms with van der Waals surface area (Å²) in [5, 5.41) is 3.03. The van der Waals surface area contributed by atoms with Crippen molar-refractivity contribution in [2.75, 3.05) is 12.3 Å². The number of hydrogen-bond donors (Lipinski definition) is 1. The van der Waals surface area contributed by atoms with Crippen molar-refractivity contribution in [3.05, 3.63) is 106 Å². The van der Waals surface area contributed by atoms with Crippen LogP contribution < -0.4 is 5.32 Å². The van der Waals surface area contributed by atoms with Crippen molar-refractivity contribution >= 4 is 39.5 Å². The monoisotopic (exact) mass is 552 g/mol. The molecular formula is C29H33BrN2O2S. The van der Waals surface area contributed by atoms with Gasteiger partial charge in [-0.2, -0.15) is 0 Å². The van der Waals surface area contributed by atoms with Crippen LogP contribution in [0.2, 0.25) is 0 Å². The normalized spacial score (nSPS) is 11.6. The summed E-state index contributed by atoms with van der Waals surface area (Å²) in [5.41, 5.74) is 4.48. The van der Waals surface area contributed by atoms with Gasteiger partial charge in [-0.05, 0) is 47.7 Å². The van der Waals surface area contributed by atoms with E-state index in [9.17, 15) is 9.59 Å². The molecule has 1 atom stereocenters. The highest BCUT2D eigenvalue weighted by atomic mass is 79.9. The van der Waals surface area contributed by atoms with Crippen molar-refractivity contribution in [1.29, 1.82) is 0 Å². The summed E-state index contributed by atoms with van der Waals surface area (Å²) in [5.74, 6) is 0.941. The highest BCUT2D eigenvalue weighted by Gasteiger charge is 2.30. The number of carbonyl (C=O) groups excluding carboxylic acids is 2. The van der Waals surface area contributed by atoms with Gasteiger partial charge < -0.3 is 10.2 Å². The number of hydrogen-bond acceptors (Lipinski definition) is 3. The zero-order valence-electron chi connectivity index (χ0n) is 20.4. The molecule has 0 aliphatic carbocycles. The lowest BCUT2D eigenvalue weighted by atomic mass is 10.0. The first-order valence-electron chi connectivity index (χ1n) is 12.0. The Morgan fingerprint density at radius 1 is 0.943 bits per heavy atom. The van der Waals surface area contributed by atoms with Crippen molar-refractivity contribution in [2.24, 2.45) is 0 Å². The van der Waals surface area contributed by atoms with Crippen LogP contribution in [0.3, 0.4) is 0 Å². The number of amides is 2. The first kappa shape index (κ1) is 27.0. The molecule has 4 nitrogen and oxygen atoms in total. The van der Waals surface area contributed by atoms with E-state index in [1.54, 1.807) is 16.7 Å². The third kappa shape index (κ3) is 8.55. The number of rotatable bonds is 12. The number of carbonyl (C=O) groups is 2. The van der Waals surface area contributed by atoms with Crippen LogP contribution in [0.5, 0.6) is 0 Å². The Labute approximate surface area is 221 Å². The van der Waals surface area contributed by atoms with Gasteiger partial charge in [-0.1, -0.05) is 89.6 Å². The minimum absolute atomic E-state index is 0.0286. The molecule has 0 saturated carbocycles. The van der Waals surface area contributed by atoms with Crippen LogP contribution in [0.1, 0.15) is 35.6 Å². The summed E-state index contributed by atoms with van der Waals surface area (Å²) in [7, 11) is 0. The van der Waals surface area contributed by atoms with Crippen LogP contribution in [0.25, 0.3) is 0 Å². The van der Waals surface area contributed by atoms with E-state index in [1.807, 2.05) is 73.7 Å². The summed E-state index contributed by atoms with van der Waals surface area (Å²) in [4.78, 5) is 28.7. The average Bonchev–Trinajstić information content (AvgIpc) is 2.87. The second-order valence-electron chi connectivity index (χ2n) is 8.56. The molecule has 184 valence electrons. The molecule has 0 spiro atoms. The smallest absolute Gasteiger partial charge is 0.243 e. The van der Waals surface area contributed by atoms with Crippen molar-refractivity contribution in [3.8, 4) is 0 Å². The zero-order chi connectivity index (χ0) is 25.0. The summed E-state index contributed by atoms with van der Waals surface area (Å²) < 4.78 is 0.981. The van der Waals surface area contributed by atoms with Crippen molar-refractivity contribution in [1.82, 2.24) is 10.2 Å². The van der Waals surface area contributed by atoms with Gasteiger partial charge in [0.1, 0.15) is 6.04 Å². The van der Waals surface area contributed by atoms with E-state index in [2.05, 4.69) is 40.3 Å². The molecule has 0 radical (unpaired) electrons. The lowest BCUT2D eigenvalue weighted by molar-refractivity contribution is -0.139. The lowest BCUT2D eigenvalue weighted by Gasteiger charge is -2.31.